The van der Waals surface area contributed by atoms with Gasteiger partial charge < -0.3 is 19.3 Å². The Morgan fingerprint density at radius 1 is 1.20 bits per heavy atom. The van der Waals surface area contributed by atoms with Crippen LogP contribution < -0.4 is 9.46 Å². The van der Waals surface area contributed by atoms with Crippen molar-refractivity contribution in [1.29, 1.82) is 0 Å². The maximum Gasteiger partial charge on any atom is 0.281 e. The van der Waals surface area contributed by atoms with Gasteiger partial charge in [-0.3, -0.25) is 9.52 Å². The number of ether oxygens (including phenoxy) is 1. The van der Waals surface area contributed by atoms with Gasteiger partial charge in [0.2, 0.25) is 10.0 Å². The highest BCUT2D eigenvalue weighted by Gasteiger charge is 2.36. The number of rotatable bonds is 9. The largest absolute Gasteiger partial charge is 0.486 e. The number of amides is 1. The number of para-hydroxylation sites is 1. The van der Waals surface area contributed by atoms with E-state index in [1.807, 2.05) is 0 Å². The molecule has 222 valence electrons. The topological polar surface area (TPSA) is 151 Å². The van der Waals surface area contributed by atoms with Gasteiger partial charge in [0, 0.05) is 37.8 Å². The minimum absolute atomic E-state index is 0.0135. The minimum atomic E-state index is -4.16. The highest BCUT2D eigenvalue weighted by atomic mass is 35.5. The molecule has 0 bridgehead atoms. The molecule has 0 unspecified atom stereocenters. The number of aliphatic hydroxyl groups is 1. The number of likely N-dealkylation sites (N-methyl/N-ethyl adjacent to an activating group) is 1. The molecule has 3 atom stereocenters. The maximum absolute atomic E-state index is 13.7. The van der Waals surface area contributed by atoms with Crippen LogP contribution >= 0.6 is 11.6 Å². The summed E-state index contributed by atoms with van der Waals surface area (Å²) in [7, 11) is -5.06. The molecule has 0 aliphatic carbocycles. The molecule has 12 nitrogen and oxygen atoms in total. The zero-order valence-corrected chi connectivity index (χ0v) is 25.3. The Labute approximate surface area is 244 Å². The summed E-state index contributed by atoms with van der Waals surface area (Å²) in [6, 6.07) is 9.65. The number of fused-ring (bicyclic) bond motifs is 1. The fraction of sp³-hybridized carbons (Fsp3) is 0.385. The number of imidazole rings is 1. The van der Waals surface area contributed by atoms with E-state index in [-0.39, 0.29) is 46.6 Å². The highest BCUT2D eigenvalue weighted by Crippen LogP contribution is 2.36. The van der Waals surface area contributed by atoms with E-state index in [9.17, 15) is 26.7 Å². The summed E-state index contributed by atoms with van der Waals surface area (Å²) >= 11 is 5.93. The van der Waals surface area contributed by atoms with Gasteiger partial charge in [-0.05, 0) is 43.3 Å². The molecule has 15 heteroatoms. The first-order chi connectivity index (χ1) is 19.2. The lowest BCUT2D eigenvalue weighted by atomic mass is 9.99. The smallest absolute Gasteiger partial charge is 0.281 e. The summed E-state index contributed by atoms with van der Waals surface area (Å²) in [5, 5.41) is 10.0. The van der Waals surface area contributed by atoms with Gasteiger partial charge in [0.15, 0.2) is 10.8 Å². The number of anilines is 1. The van der Waals surface area contributed by atoms with E-state index in [2.05, 4.69) is 9.71 Å². The zero-order chi connectivity index (χ0) is 30.1. The number of hydrogen-bond acceptors (Lipinski definition) is 8. The van der Waals surface area contributed by atoms with E-state index >= 15 is 0 Å². The number of carbonyl (C=O) groups excluding carboxylic acids is 1. The van der Waals surface area contributed by atoms with Crippen LogP contribution in [0.2, 0.25) is 5.02 Å². The highest BCUT2D eigenvalue weighted by molar-refractivity contribution is 7.92. The third-order valence-corrected chi connectivity index (χ3v) is 10.2. The summed E-state index contributed by atoms with van der Waals surface area (Å²) in [6.07, 6.45) is 1.85. The first-order valence-corrected chi connectivity index (χ1v) is 16.0. The number of benzene rings is 2. The molecule has 1 amide bonds. The van der Waals surface area contributed by atoms with Crippen LogP contribution in [0.5, 0.6) is 5.75 Å². The van der Waals surface area contributed by atoms with E-state index in [0.29, 0.717) is 5.02 Å². The van der Waals surface area contributed by atoms with E-state index in [1.165, 1.54) is 71.5 Å². The first-order valence-electron chi connectivity index (χ1n) is 12.7. The molecule has 2 aromatic carbocycles. The van der Waals surface area contributed by atoms with Gasteiger partial charge in [-0.15, -0.1) is 0 Å². The molecule has 1 aliphatic heterocycles. The molecule has 0 fully saturated rings. The van der Waals surface area contributed by atoms with E-state index < -0.39 is 44.0 Å². The molecule has 1 aromatic heterocycles. The lowest BCUT2D eigenvalue weighted by Gasteiger charge is -2.38. The summed E-state index contributed by atoms with van der Waals surface area (Å²) in [5.41, 5.74) is 0.0482. The van der Waals surface area contributed by atoms with E-state index in [0.717, 1.165) is 4.31 Å². The van der Waals surface area contributed by atoms with Crippen molar-refractivity contribution in [1.82, 2.24) is 18.8 Å². The van der Waals surface area contributed by atoms with Crippen molar-refractivity contribution in [2.45, 2.75) is 35.9 Å². The third kappa shape index (κ3) is 6.51. The van der Waals surface area contributed by atoms with Gasteiger partial charge in [-0.2, -0.15) is 12.7 Å². The van der Waals surface area contributed by atoms with Gasteiger partial charge in [-0.25, -0.2) is 13.4 Å². The second kappa shape index (κ2) is 12.0. The molecule has 0 spiro atoms. The number of sulfonamides is 2. The fourth-order valence-corrected chi connectivity index (χ4v) is 6.76. The molecule has 4 rings (SSSR count). The molecule has 0 saturated carbocycles. The Bertz CT molecular complexity index is 1630. The number of nitrogens with one attached hydrogen (secondary N) is 1. The Hall–Kier alpha value is -3.17. The van der Waals surface area contributed by atoms with Crippen LogP contribution in [0.15, 0.2) is 64.9 Å². The third-order valence-electron chi connectivity index (χ3n) is 6.85. The van der Waals surface area contributed by atoms with Gasteiger partial charge in [0.1, 0.15) is 6.10 Å². The molecule has 3 aromatic rings. The monoisotopic (exact) mass is 625 g/mol. The number of aryl methyl sites for hydroxylation is 1. The predicted molar refractivity (Wildman–Crippen MR) is 153 cm³/mol. The number of aliphatic hydroxyl groups excluding tert-OH is 1. The van der Waals surface area contributed by atoms with Crippen molar-refractivity contribution in [3.05, 3.63) is 65.6 Å². The van der Waals surface area contributed by atoms with Crippen LogP contribution in [0, 0.1) is 5.92 Å². The number of halogens is 1. The number of hydrogen-bond donors (Lipinski definition) is 2. The van der Waals surface area contributed by atoms with E-state index in [4.69, 9.17) is 16.3 Å². The van der Waals surface area contributed by atoms with Crippen LogP contribution in [-0.2, 0) is 27.1 Å². The van der Waals surface area contributed by atoms with Gasteiger partial charge in [-0.1, -0.05) is 24.6 Å². The van der Waals surface area contributed by atoms with Gasteiger partial charge >= 0.3 is 0 Å². The van der Waals surface area contributed by atoms with E-state index in [1.54, 1.807) is 20.9 Å². The molecule has 0 saturated heterocycles. The maximum atomic E-state index is 13.7. The molecule has 2 heterocycles. The molecule has 0 radical (unpaired) electrons. The summed E-state index contributed by atoms with van der Waals surface area (Å²) in [6.45, 7) is 3.21. The second-order valence-electron chi connectivity index (χ2n) is 10.0. The Kier molecular flexibility index (Phi) is 8.99. The average molecular weight is 626 g/mol. The zero-order valence-electron chi connectivity index (χ0n) is 22.9. The standard InChI is InChI=1S/C26H32ClN5O7S2/c1-17-12-32(18(2)15-33)26(34)21-6-5-7-22(29-40(35,36)24-14-30(3)16-28-24)25(21)39-23(17)13-31(4)41(37,38)20-10-8-19(27)9-11-20/h5-11,14,16-18,23,29,33H,12-13,15H2,1-4H3/t17-,18-,23-/m1/s1. The van der Waals surface area contributed by atoms with Crippen molar-refractivity contribution in [3.8, 4) is 5.75 Å². The van der Waals surface area contributed by atoms with Gasteiger partial charge in [0.05, 0.1) is 41.7 Å². The van der Waals surface area contributed by atoms with Gasteiger partial charge in [0.25, 0.3) is 15.9 Å². The number of aromatic nitrogens is 2. The fourth-order valence-electron chi connectivity index (χ4n) is 4.40. The summed E-state index contributed by atoms with van der Waals surface area (Å²) in [4.78, 5) is 19.1. The van der Waals surface area contributed by atoms with Crippen molar-refractivity contribution >= 4 is 43.2 Å². The van der Waals surface area contributed by atoms with Crippen LogP contribution in [0.4, 0.5) is 5.69 Å². The molecular weight excluding hydrogens is 594 g/mol. The second-order valence-corrected chi connectivity index (χ2v) is 14.1. The number of nitrogens with zero attached hydrogens (tertiary/aromatic N) is 4. The van der Waals surface area contributed by atoms with Crippen molar-refractivity contribution < 1.29 is 31.5 Å². The molecule has 1 aliphatic rings. The average Bonchev–Trinajstić information content (AvgIpc) is 3.38. The Balaban J connectivity index is 1.76. The van der Waals surface area contributed by atoms with Crippen LogP contribution in [0.3, 0.4) is 0 Å². The minimum Gasteiger partial charge on any atom is -0.486 e. The number of carbonyl (C=O) groups is 1. The van der Waals surface area contributed by atoms with Crippen LogP contribution in [0.25, 0.3) is 0 Å². The predicted octanol–water partition coefficient (Wildman–Crippen LogP) is 2.42. The quantitative estimate of drug-likeness (QED) is 0.368. The van der Waals surface area contributed by atoms with Crippen molar-refractivity contribution in [2.75, 3.05) is 31.5 Å². The lowest BCUT2D eigenvalue weighted by molar-refractivity contribution is 0.0389. The summed E-state index contributed by atoms with van der Waals surface area (Å²) < 4.78 is 64.3. The van der Waals surface area contributed by atoms with Crippen LogP contribution in [0.1, 0.15) is 24.2 Å². The molecule has 2 N–H and O–H groups in total. The molecular formula is C26H32ClN5O7S2. The Morgan fingerprint density at radius 2 is 1.88 bits per heavy atom. The van der Waals surface area contributed by atoms with Crippen molar-refractivity contribution in [2.24, 2.45) is 13.0 Å². The SMILES string of the molecule is C[C@@H]1CN([C@H](C)CO)C(=O)c2cccc(NS(=O)(=O)c3cn(C)cn3)c2O[C@@H]1CN(C)S(=O)(=O)c1ccc(Cl)cc1. The molecule has 41 heavy (non-hydrogen) atoms. The van der Waals surface area contributed by atoms with Crippen LogP contribution in [-0.4, -0.2) is 85.5 Å². The normalized spacial score (nSPS) is 18.8. The van der Waals surface area contributed by atoms with Crippen molar-refractivity contribution in [3.63, 3.8) is 0 Å². The first kappa shape index (κ1) is 30.8. The summed E-state index contributed by atoms with van der Waals surface area (Å²) in [5.74, 6) is -0.946. The lowest BCUT2D eigenvalue weighted by Crippen LogP contribution is -2.50. The Morgan fingerprint density at radius 3 is 2.49 bits per heavy atom.